The maximum absolute atomic E-state index is 12.9. The highest BCUT2D eigenvalue weighted by Crippen LogP contribution is 2.36. The van der Waals surface area contributed by atoms with Crippen molar-refractivity contribution in [1.82, 2.24) is 0 Å². The van der Waals surface area contributed by atoms with Crippen molar-refractivity contribution < 1.29 is 23.4 Å². The van der Waals surface area contributed by atoms with Gasteiger partial charge in [-0.3, -0.25) is 0 Å². The summed E-state index contributed by atoms with van der Waals surface area (Å²) in [5.41, 5.74) is -0.473. The van der Waals surface area contributed by atoms with Gasteiger partial charge in [-0.25, -0.2) is 9.59 Å². The Labute approximate surface area is 213 Å². The first kappa shape index (κ1) is 27.3. The van der Waals surface area contributed by atoms with E-state index in [1.807, 2.05) is 26.8 Å². The highest BCUT2D eigenvalue weighted by Gasteiger charge is 2.22. The Morgan fingerprint density at radius 2 is 1.53 bits per heavy atom. The molecule has 3 rings (SSSR count). The van der Waals surface area contributed by atoms with Gasteiger partial charge >= 0.3 is 11.6 Å². The van der Waals surface area contributed by atoms with Crippen LogP contribution in [0, 0.1) is 0 Å². The Morgan fingerprint density at radius 3 is 2.19 bits per heavy atom. The van der Waals surface area contributed by atoms with Crippen LogP contribution >= 0.6 is 0 Å². The van der Waals surface area contributed by atoms with Crippen LogP contribution in [0.3, 0.4) is 0 Å². The fourth-order valence-corrected chi connectivity index (χ4v) is 3.91. The van der Waals surface area contributed by atoms with Gasteiger partial charge in [0, 0.05) is 6.07 Å². The molecule has 0 spiro atoms. The van der Waals surface area contributed by atoms with E-state index < -0.39 is 17.2 Å². The normalized spacial score (nSPS) is 11.4. The van der Waals surface area contributed by atoms with Crippen LogP contribution in [0.2, 0.25) is 0 Å². The molecule has 0 aliphatic carbocycles. The fourth-order valence-electron chi connectivity index (χ4n) is 3.91. The Morgan fingerprint density at radius 1 is 0.861 bits per heavy atom. The van der Waals surface area contributed by atoms with Gasteiger partial charge in [0.15, 0.2) is 5.75 Å². The molecular formula is C30H38O6. The second-order valence-corrected chi connectivity index (χ2v) is 10.00. The monoisotopic (exact) mass is 494 g/mol. The second kappa shape index (κ2) is 13.1. The number of unbranched alkanes of at least 4 members (excludes halogenated alkanes) is 7. The maximum Gasteiger partial charge on any atom is 0.383 e. The van der Waals surface area contributed by atoms with Crippen LogP contribution in [0.1, 0.15) is 89.4 Å². The molecule has 0 N–H and O–H groups in total. The predicted octanol–water partition coefficient (Wildman–Crippen LogP) is 7.71. The van der Waals surface area contributed by atoms with Gasteiger partial charge < -0.3 is 18.6 Å². The van der Waals surface area contributed by atoms with Gasteiger partial charge in [0.1, 0.15) is 16.9 Å². The van der Waals surface area contributed by atoms with E-state index in [2.05, 4.69) is 6.92 Å². The van der Waals surface area contributed by atoms with Crippen LogP contribution < -0.4 is 19.8 Å². The molecule has 0 aliphatic rings. The molecule has 0 radical (unpaired) electrons. The number of rotatable bonds is 13. The van der Waals surface area contributed by atoms with E-state index in [0.717, 1.165) is 19.3 Å². The molecule has 1 heterocycles. The quantitative estimate of drug-likeness (QED) is 0.138. The smallest absolute Gasteiger partial charge is 0.383 e. The predicted molar refractivity (Wildman–Crippen MR) is 142 cm³/mol. The van der Waals surface area contributed by atoms with E-state index in [1.54, 1.807) is 42.5 Å². The van der Waals surface area contributed by atoms with Crippen molar-refractivity contribution in [2.24, 2.45) is 0 Å². The zero-order valence-electron chi connectivity index (χ0n) is 21.9. The number of hydrogen-bond acceptors (Lipinski definition) is 6. The third kappa shape index (κ3) is 8.14. The highest BCUT2D eigenvalue weighted by molar-refractivity contribution is 5.95. The lowest BCUT2D eigenvalue weighted by Crippen LogP contribution is -2.22. The van der Waals surface area contributed by atoms with Gasteiger partial charge in [0.25, 0.3) is 0 Å². The molecule has 0 unspecified atom stereocenters. The molecule has 0 fully saturated rings. The van der Waals surface area contributed by atoms with Crippen LogP contribution in [0.15, 0.2) is 57.7 Å². The van der Waals surface area contributed by atoms with Crippen LogP contribution in [-0.4, -0.2) is 18.2 Å². The van der Waals surface area contributed by atoms with Gasteiger partial charge in [-0.1, -0.05) is 70.1 Å². The van der Waals surface area contributed by atoms with Crippen LogP contribution in [0.25, 0.3) is 11.0 Å². The number of carbonyl (C=O) groups excluding carboxylic acids is 1. The van der Waals surface area contributed by atoms with E-state index in [-0.39, 0.29) is 17.1 Å². The van der Waals surface area contributed by atoms with E-state index in [1.165, 1.54) is 32.1 Å². The van der Waals surface area contributed by atoms with Crippen LogP contribution in [0.4, 0.5) is 0 Å². The standard InChI is InChI=1S/C30H38O6/c1-5-6-7-8-9-10-11-15-20-33-27-26(35-28(31)22-16-13-12-14-17-22)24-19-18-23(36-30(2,3)4)21-25(24)34-29(27)32/h12-14,16-19,21H,5-11,15,20H2,1-4H3. The molecule has 0 atom stereocenters. The summed E-state index contributed by atoms with van der Waals surface area (Å²) in [6.07, 6.45) is 9.21. The van der Waals surface area contributed by atoms with E-state index >= 15 is 0 Å². The van der Waals surface area contributed by atoms with E-state index in [0.29, 0.717) is 23.3 Å². The largest absolute Gasteiger partial charge is 0.488 e. The Kier molecular flexibility index (Phi) is 9.97. The molecule has 0 bridgehead atoms. The first-order valence-corrected chi connectivity index (χ1v) is 13.0. The van der Waals surface area contributed by atoms with Crippen molar-refractivity contribution in [3.63, 3.8) is 0 Å². The third-order valence-corrected chi connectivity index (χ3v) is 5.66. The molecule has 6 nitrogen and oxygen atoms in total. The SMILES string of the molecule is CCCCCCCCCCOc1c(OC(=O)c2ccccc2)c2ccc(OC(C)(C)C)cc2oc1=O. The van der Waals surface area contributed by atoms with Crippen molar-refractivity contribution in [3.8, 4) is 17.2 Å². The van der Waals surface area contributed by atoms with E-state index in [9.17, 15) is 9.59 Å². The molecule has 2 aromatic carbocycles. The Bertz CT molecular complexity index is 1170. The van der Waals surface area contributed by atoms with E-state index in [4.69, 9.17) is 18.6 Å². The van der Waals surface area contributed by atoms with Crippen LogP contribution in [-0.2, 0) is 0 Å². The lowest BCUT2D eigenvalue weighted by Gasteiger charge is -2.21. The summed E-state index contributed by atoms with van der Waals surface area (Å²) in [7, 11) is 0. The highest BCUT2D eigenvalue weighted by atomic mass is 16.6. The molecule has 6 heteroatoms. The Balaban J connectivity index is 1.80. The summed E-state index contributed by atoms with van der Waals surface area (Å²) in [6, 6.07) is 13.8. The minimum atomic E-state index is -0.689. The first-order valence-electron chi connectivity index (χ1n) is 13.0. The van der Waals surface area contributed by atoms with Gasteiger partial charge in [0.2, 0.25) is 5.75 Å². The summed E-state index contributed by atoms with van der Waals surface area (Å²) in [5, 5.41) is 0.464. The lowest BCUT2D eigenvalue weighted by atomic mass is 10.1. The van der Waals surface area contributed by atoms with Crippen molar-refractivity contribution in [1.29, 1.82) is 0 Å². The van der Waals surface area contributed by atoms with Gasteiger partial charge in [-0.05, 0) is 51.5 Å². The third-order valence-electron chi connectivity index (χ3n) is 5.66. The number of esters is 1. The van der Waals surface area contributed by atoms with Gasteiger partial charge in [-0.2, -0.15) is 0 Å². The molecule has 0 saturated heterocycles. The summed E-state index contributed by atoms with van der Waals surface area (Å²) < 4.78 is 23.0. The van der Waals surface area contributed by atoms with Gasteiger partial charge in [0.05, 0.1) is 17.6 Å². The number of fused-ring (bicyclic) bond motifs is 1. The average Bonchev–Trinajstić information content (AvgIpc) is 2.83. The minimum Gasteiger partial charge on any atom is -0.488 e. The lowest BCUT2D eigenvalue weighted by molar-refractivity contribution is 0.0729. The molecule has 0 saturated carbocycles. The second-order valence-electron chi connectivity index (χ2n) is 10.00. The fraction of sp³-hybridized carbons (Fsp3) is 0.467. The molecule has 194 valence electrons. The maximum atomic E-state index is 12.9. The number of hydrogen-bond donors (Lipinski definition) is 0. The Hall–Kier alpha value is -3.28. The molecule has 0 aliphatic heterocycles. The summed E-state index contributed by atoms with van der Waals surface area (Å²) in [6.45, 7) is 8.35. The zero-order valence-corrected chi connectivity index (χ0v) is 21.9. The average molecular weight is 495 g/mol. The van der Waals surface area contributed by atoms with Crippen molar-refractivity contribution in [2.75, 3.05) is 6.61 Å². The number of carbonyl (C=O) groups is 1. The van der Waals surface area contributed by atoms with Crippen molar-refractivity contribution in [2.45, 2.75) is 84.7 Å². The molecule has 3 aromatic rings. The van der Waals surface area contributed by atoms with Crippen molar-refractivity contribution in [3.05, 3.63) is 64.5 Å². The zero-order chi connectivity index (χ0) is 26.0. The van der Waals surface area contributed by atoms with Crippen LogP contribution in [0.5, 0.6) is 17.2 Å². The summed E-state index contributed by atoms with van der Waals surface area (Å²) in [5.74, 6) is -0.0447. The minimum absolute atomic E-state index is 0.0666. The summed E-state index contributed by atoms with van der Waals surface area (Å²) in [4.78, 5) is 25.8. The molecule has 0 amide bonds. The molecule has 1 aromatic heterocycles. The summed E-state index contributed by atoms with van der Waals surface area (Å²) >= 11 is 0. The molecule has 36 heavy (non-hydrogen) atoms. The molecular weight excluding hydrogens is 456 g/mol. The topological polar surface area (TPSA) is 75.0 Å². The number of benzene rings is 2. The van der Waals surface area contributed by atoms with Crippen molar-refractivity contribution >= 4 is 16.9 Å². The van der Waals surface area contributed by atoms with Gasteiger partial charge in [-0.15, -0.1) is 0 Å². The first-order chi connectivity index (χ1) is 17.3. The number of ether oxygens (including phenoxy) is 3.